The summed E-state index contributed by atoms with van der Waals surface area (Å²) in [4.78, 5) is 16.8. The van der Waals surface area contributed by atoms with Crippen molar-refractivity contribution < 1.29 is 0 Å². The zero-order chi connectivity index (χ0) is 18.1. The molecule has 4 aromatic rings. The van der Waals surface area contributed by atoms with E-state index in [1.165, 1.54) is 17.8 Å². The molecule has 26 heavy (non-hydrogen) atoms. The summed E-state index contributed by atoms with van der Waals surface area (Å²) in [6, 6.07) is 12.5. The fraction of sp³-hybridized carbons (Fsp3) is 0.118. The number of rotatable bonds is 4. The van der Waals surface area contributed by atoms with Gasteiger partial charge in [-0.25, -0.2) is 4.98 Å². The van der Waals surface area contributed by atoms with Gasteiger partial charge in [0.2, 0.25) is 5.16 Å². The van der Waals surface area contributed by atoms with E-state index in [2.05, 4.69) is 20.5 Å². The second kappa shape index (κ2) is 6.89. The summed E-state index contributed by atoms with van der Waals surface area (Å²) in [6.07, 6.45) is 1.78. The van der Waals surface area contributed by atoms with Crippen molar-refractivity contribution in [1.82, 2.24) is 29.6 Å². The van der Waals surface area contributed by atoms with Crippen LogP contribution in [0.4, 0.5) is 0 Å². The lowest BCUT2D eigenvalue weighted by atomic mass is 10.3. The third-order valence-electron chi connectivity index (χ3n) is 3.72. The largest absolute Gasteiger partial charge is 0.269 e. The van der Waals surface area contributed by atoms with Crippen LogP contribution in [0.25, 0.3) is 11.3 Å². The van der Waals surface area contributed by atoms with Crippen LogP contribution in [0, 0.1) is 6.92 Å². The molecular weight excluding hydrogens is 372 g/mol. The number of halogens is 1. The molecule has 0 aliphatic carbocycles. The summed E-state index contributed by atoms with van der Waals surface area (Å²) in [5, 5.41) is 13.0. The minimum atomic E-state index is -0.105. The number of pyridine rings is 1. The number of aryl methyl sites for hydroxylation is 1. The van der Waals surface area contributed by atoms with Gasteiger partial charge in [-0.1, -0.05) is 29.4 Å². The zero-order valence-electron chi connectivity index (χ0n) is 13.7. The van der Waals surface area contributed by atoms with Crippen LogP contribution < -0.4 is 5.56 Å². The van der Waals surface area contributed by atoms with E-state index in [9.17, 15) is 4.79 Å². The lowest BCUT2D eigenvalue weighted by Gasteiger charge is -2.06. The Morgan fingerprint density at radius 3 is 2.77 bits per heavy atom. The van der Waals surface area contributed by atoms with Gasteiger partial charge in [-0.15, -0.1) is 5.10 Å². The van der Waals surface area contributed by atoms with Gasteiger partial charge in [0.05, 0.1) is 11.4 Å². The molecule has 3 aromatic heterocycles. The number of tetrazole rings is 1. The second-order valence-corrected chi connectivity index (χ2v) is 7.04. The van der Waals surface area contributed by atoms with E-state index >= 15 is 0 Å². The van der Waals surface area contributed by atoms with Gasteiger partial charge in [0.25, 0.3) is 5.56 Å². The van der Waals surface area contributed by atoms with Crippen LogP contribution in [0.5, 0.6) is 0 Å². The number of thioether (sulfide) groups is 1. The first-order valence-corrected chi connectivity index (χ1v) is 9.12. The van der Waals surface area contributed by atoms with Crippen LogP contribution >= 0.6 is 23.4 Å². The Labute approximate surface area is 157 Å². The lowest BCUT2D eigenvalue weighted by molar-refractivity contribution is 0.756. The van der Waals surface area contributed by atoms with E-state index in [-0.39, 0.29) is 5.56 Å². The number of hydrogen-bond donors (Lipinski definition) is 0. The first-order chi connectivity index (χ1) is 12.6. The monoisotopic (exact) mass is 384 g/mol. The van der Waals surface area contributed by atoms with Gasteiger partial charge < -0.3 is 0 Å². The van der Waals surface area contributed by atoms with Crippen molar-refractivity contribution in [3.05, 3.63) is 75.3 Å². The number of hydrogen-bond acceptors (Lipinski definition) is 6. The Kier molecular flexibility index (Phi) is 4.44. The van der Waals surface area contributed by atoms with E-state index in [1.807, 2.05) is 31.2 Å². The quantitative estimate of drug-likeness (QED) is 0.503. The molecule has 4 rings (SSSR count). The summed E-state index contributed by atoms with van der Waals surface area (Å²) >= 11 is 7.33. The van der Waals surface area contributed by atoms with Crippen molar-refractivity contribution >= 4 is 29.0 Å². The summed E-state index contributed by atoms with van der Waals surface area (Å²) < 4.78 is 3.17. The predicted octanol–water partition coefficient (Wildman–Crippen LogP) is 2.92. The Hall–Kier alpha value is -2.71. The molecule has 0 bridgehead atoms. The van der Waals surface area contributed by atoms with Gasteiger partial charge in [0, 0.05) is 23.0 Å². The molecule has 9 heteroatoms. The van der Waals surface area contributed by atoms with Crippen molar-refractivity contribution in [1.29, 1.82) is 0 Å². The maximum Gasteiger partial charge on any atom is 0.258 e. The molecule has 1 aromatic carbocycles. The first kappa shape index (κ1) is 16.7. The molecule has 3 heterocycles. The fourth-order valence-electron chi connectivity index (χ4n) is 2.48. The number of aromatic nitrogens is 6. The van der Waals surface area contributed by atoms with Crippen molar-refractivity contribution in [3.8, 4) is 5.69 Å². The van der Waals surface area contributed by atoms with Crippen LogP contribution in [-0.4, -0.2) is 29.6 Å². The maximum absolute atomic E-state index is 12.3. The molecule has 7 nitrogen and oxygen atoms in total. The minimum absolute atomic E-state index is 0.105. The van der Waals surface area contributed by atoms with Crippen LogP contribution in [0.2, 0.25) is 5.02 Å². The van der Waals surface area contributed by atoms with Gasteiger partial charge in [-0.2, -0.15) is 4.68 Å². The number of benzene rings is 1. The van der Waals surface area contributed by atoms with Crippen LogP contribution in [0.1, 0.15) is 11.3 Å². The first-order valence-electron chi connectivity index (χ1n) is 7.76. The van der Waals surface area contributed by atoms with Gasteiger partial charge in [-0.05, 0) is 53.2 Å². The van der Waals surface area contributed by atoms with Crippen molar-refractivity contribution in [2.24, 2.45) is 0 Å². The van der Waals surface area contributed by atoms with Gasteiger partial charge in [0.1, 0.15) is 5.65 Å². The highest BCUT2D eigenvalue weighted by molar-refractivity contribution is 7.98. The molecule has 0 radical (unpaired) electrons. The fourth-order valence-corrected chi connectivity index (χ4v) is 3.39. The average molecular weight is 385 g/mol. The van der Waals surface area contributed by atoms with E-state index in [0.29, 0.717) is 27.3 Å². The summed E-state index contributed by atoms with van der Waals surface area (Å²) in [5.41, 5.74) is 3.01. The van der Waals surface area contributed by atoms with Crippen LogP contribution in [0.3, 0.4) is 0 Å². The third kappa shape index (κ3) is 3.33. The summed E-state index contributed by atoms with van der Waals surface area (Å²) in [7, 11) is 0. The SMILES string of the molecule is Cc1ccc2nc(CSc3nnnn3-c3ccc(Cl)cc3)cc(=O)n2c1. The Balaban J connectivity index is 1.60. The molecule has 0 aliphatic rings. The molecule has 0 aliphatic heterocycles. The average Bonchev–Trinajstić information content (AvgIpc) is 3.10. The van der Waals surface area contributed by atoms with Crippen molar-refractivity contribution in [3.63, 3.8) is 0 Å². The van der Waals surface area contributed by atoms with E-state index in [0.717, 1.165) is 11.3 Å². The third-order valence-corrected chi connectivity index (χ3v) is 4.93. The molecular formula is C17H13ClN6OS. The highest BCUT2D eigenvalue weighted by Gasteiger charge is 2.11. The maximum atomic E-state index is 12.3. The van der Waals surface area contributed by atoms with E-state index in [1.54, 1.807) is 27.4 Å². The van der Waals surface area contributed by atoms with E-state index in [4.69, 9.17) is 11.6 Å². The molecule has 130 valence electrons. The minimum Gasteiger partial charge on any atom is -0.269 e. The topological polar surface area (TPSA) is 78.0 Å². The molecule has 0 spiro atoms. The molecule has 0 amide bonds. The predicted molar refractivity (Wildman–Crippen MR) is 99.9 cm³/mol. The number of fused-ring (bicyclic) bond motifs is 1. The summed E-state index contributed by atoms with van der Waals surface area (Å²) in [6.45, 7) is 1.94. The molecule has 0 saturated heterocycles. The van der Waals surface area contributed by atoms with E-state index < -0.39 is 0 Å². The standard InChI is InChI=1S/C17H13ClN6OS/c1-11-2-7-15-19-13(8-16(25)23(15)9-11)10-26-17-20-21-22-24(17)14-5-3-12(18)4-6-14/h2-9H,10H2,1H3. The Bertz CT molecular complexity index is 1140. The van der Waals surface area contributed by atoms with Gasteiger partial charge >= 0.3 is 0 Å². The van der Waals surface area contributed by atoms with Crippen LogP contribution in [0.15, 0.2) is 58.6 Å². The van der Waals surface area contributed by atoms with Crippen LogP contribution in [-0.2, 0) is 5.75 Å². The van der Waals surface area contributed by atoms with Gasteiger partial charge in [0.15, 0.2) is 0 Å². The number of nitrogens with zero attached hydrogens (tertiary/aromatic N) is 6. The lowest BCUT2D eigenvalue weighted by Crippen LogP contribution is -2.15. The molecule has 0 unspecified atom stereocenters. The Morgan fingerprint density at radius 2 is 1.96 bits per heavy atom. The Morgan fingerprint density at radius 1 is 1.15 bits per heavy atom. The second-order valence-electron chi connectivity index (χ2n) is 5.66. The summed E-state index contributed by atoms with van der Waals surface area (Å²) in [5.74, 6) is 0.480. The molecule has 0 saturated carbocycles. The highest BCUT2D eigenvalue weighted by Crippen LogP contribution is 2.22. The molecule has 0 N–H and O–H groups in total. The smallest absolute Gasteiger partial charge is 0.258 e. The molecule has 0 atom stereocenters. The van der Waals surface area contributed by atoms with Crippen molar-refractivity contribution in [2.45, 2.75) is 17.8 Å². The zero-order valence-corrected chi connectivity index (χ0v) is 15.3. The molecule has 0 fully saturated rings. The van der Waals surface area contributed by atoms with Gasteiger partial charge in [-0.3, -0.25) is 9.20 Å². The normalized spacial score (nSPS) is 11.2. The highest BCUT2D eigenvalue weighted by atomic mass is 35.5. The van der Waals surface area contributed by atoms with Crippen molar-refractivity contribution in [2.75, 3.05) is 0 Å².